The number of ether oxygens (including phenoxy) is 1. The van der Waals surface area contributed by atoms with Crippen molar-refractivity contribution < 1.29 is 4.74 Å². The van der Waals surface area contributed by atoms with Gasteiger partial charge in [-0.2, -0.15) is 4.98 Å². The second-order valence-electron chi connectivity index (χ2n) is 4.31. The van der Waals surface area contributed by atoms with Gasteiger partial charge in [0.2, 0.25) is 5.88 Å². The molecule has 0 aromatic carbocycles. The third-order valence-electron chi connectivity index (χ3n) is 2.69. The van der Waals surface area contributed by atoms with Gasteiger partial charge in [-0.1, -0.05) is 11.6 Å². The van der Waals surface area contributed by atoms with Crippen LogP contribution in [-0.2, 0) is 0 Å². The minimum Gasteiger partial charge on any atom is -0.436 e. The van der Waals surface area contributed by atoms with Gasteiger partial charge in [0.1, 0.15) is 0 Å². The summed E-state index contributed by atoms with van der Waals surface area (Å²) >= 11 is 5.98. The second-order valence-corrected chi connectivity index (χ2v) is 4.67. The number of rotatable bonds is 3. The number of halogens is 1. The summed E-state index contributed by atoms with van der Waals surface area (Å²) in [5.74, 6) is 1.42. The molecule has 5 nitrogen and oxygen atoms in total. The maximum atomic E-state index is 5.98. The van der Waals surface area contributed by atoms with Crippen LogP contribution in [0.1, 0.15) is 5.69 Å². The van der Waals surface area contributed by atoms with Crippen LogP contribution in [0.5, 0.6) is 11.6 Å². The molecule has 0 saturated carbocycles. The predicted octanol–water partition coefficient (Wildman–Crippen LogP) is 3.69. The zero-order chi connectivity index (χ0) is 14.7. The molecule has 0 saturated heterocycles. The van der Waals surface area contributed by atoms with Gasteiger partial charge >= 0.3 is 0 Å². The van der Waals surface area contributed by atoms with Crippen molar-refractivity contribution in [3.05, 3.63) is 59.8 Å². The fraction of sp³-hybridized carbons (Fsp3) is 0.0667. The molecule has 0 fully saturated rings. The Hall–Kier alpha value is -2.53. The van der Waals surface area contributed by atoms with Gasteiger partial charge in [-0.05, 0) is 31.2 Å². The van der Waals surface area contributed by atoms with Gasteiger partial charge in [-0.25, -0.2) is 9.97 Å². The molecule has 3 aromatic rings. The summed E-state index contributed by atoms with van der Waals surface area (Å²) in [6.45, 7) is 1.87. The van der Waals surface area contributed by atoms with Crippen LogP contribution in [0.3, 0.4) is 0 Å². The molecular formula is C15H11ClN4O. The van der Waals surface area contributed by atoms with E-state index in [1.807, 2.05) is 19.1 Å². The van der Waals surface area contributed by atoms with E-state index in [0.29, 0.717) is 17.5 Å². The minimum absolute atomic E-state index is 0.289. The molecule has 0 bridgehead atoms. The summed E-state index contributed by atoms with van der Waals surface area (Å²) in [6, 6.07) is 8.94. The van der Waals surface area contributed by atoms with Crippen LogP contribution >= 0.6 is 11.6 Å². The Morgan fingerprint density at radius 1 is 1.10 bits per heavy atom. The van der Waals surface area contributed by atoms with E-state index in [0.717, 1.165) is 11.3 Å². The third-order valence-corrected chi connectivity index (χ3v) is 2.97. The molecule has 0 aliphatic rings. The van der Waals surface area contributed by atoms with Gasteiger partial charge in [0.15, 0.2) is 16.7 Å². The van der Waals surface area contributed by atoms with E-state index in [9.17, 15) is 0 Å². The van der Waals surface area contributed by atoms with Gasteiger partial charge in [-0.15, -0.1) is 0 Å². The Kier molecular flexibility index (Phi) is 3.75. The maximum Gasteiger partial charge on any atom is 0.223 e. The van der Waals surface area contributed by atoms with Crippen molar-refractivity contribution in [3.63, 3.8) is 0 Å². The van der Waals surface area contributed by atoms with Crippen LogP contribution < -0.4 is 4.74 Å². The van der Waals surface area contributed by atoms with E-state index >= 15 is 0 Å². The molecule has 0 amide bonds. The van der Waals surface area contributed by atoms with Crippen molar-refractivity contribution in [1.29, 1.82) is 0 Å². The molecule has 0 aliphatic heterocycles. The molecular weight excluding hydrogens is 288 g/mol. The van der Waals surface area contributed by atoms with Crippen LogP contribution in [0.15, 0.2) is 48.9 Å². The lowest BCUT2D eigenvalue weighted by molar-refractivity contribution is 0.460. The predicted molar refractivity (Wildman–Crippen MR) is 79.3 cm³/mol. The van der Waals surface area contributed by atoms with E-state index in [4.69, 9.17) is 16.3 Å². The first-order chi connectivity index (χ1) is 10.2. The Balaban J connectivity index is 1.97. The zero-order valence-corrected chi connectivity index (χ0v) is 11.9. The topological polar surface area (TPSA) is 60.8 Å². The highest BCUT2D eigenvalue weighted by Gasteiger charge is 2.09. The lowest BCUT2D eigenvalue weighted by atomic mass is 10.2. The summed E-state index contributed by atoms with van der Waals surface area (Å²) in [4.78, 5) is 16.8. The molecule has 3 heterocycles. The molecule has 3 rings (SSSR count). The summed E-state index contributed by atoms with van der Waals surface area (Å²) in [7, 11) is 0. The van der Waals surface area contributed by atoms with Gasteiger partial charge in [0, 0.05) is 35.9 Å². The molecule has 0 radical (unpaired) electrons. The molecule has 0 aliphatic carbocycles. The van der Waals surface area contributed by atoms with Crippen molar-refractivity contribution in [2.24, 2.45) is 0 Å². The first-order valence-corrected chi connectivity index (χ1v) is 6.64. The molecule has 0 spiro atoms. The largest absolute Gasteiger partial charge is 0.436 e. The lowest BCUT2D eigenvalue weighted by Crippen LogP contribution is -1.96. The van der Waals surface area contributed by atoms with Gasteiger partial charge in [0.25, 0.3) is 0 Å². The zero-order valence-electron chi connectivity index (χ0n) is 11.2. The molecule has 104 valence electrons. The first-order valence-electron chi connectivity index (χ1n) is 6.27. The van der Waals surface area contributed by atoms with Crippen molar-refractivity contribution in [3.8, 4) is 23.0 Å². The third kappa shape index (κ3) is 3.14. The van der Waals surface area contributed by atoms with Crippen molar-refractivity contribution in [2.45, 2.75) is 6.92 Å². The van der Waals surface area contributed by atoms with Crippen molar-refractivity contribution in [1.82, 2.24) is 19.9 Å². The normalized spacial score (nSPS) is 10.4. The average Bonchev–Trinajstić information content (AvgIpc) is 2.50. The fourth-order valence-electron chi connectivity index (χ4n) is 1.78. The van der Waals surface area contributed by atoms with E-state index in [1.165, 1.54) is 0 Å². The SMILES string of the molecule is Cc1cc(Oc2cccnc2Cl)nc(-c2cccnc2)n1. The van der Waals surface area contributed by atoms with Crippen LogP contribution in [0.25, 0.3) is 11.4 Å². The molecule has 0 unspecified atom stereocenters. The Morgan fingerprint density at radius 3 is 2.71 bits per heavy atom. The first kappa shape index (κ1) is 13.5. The summed E-state index contributed by atoms with van der Waals surface area (Å²) in [5, 5.41) is 0.289. The van der Waals surface area contributed by atoms with E-state index in [1.54, 1.807) is 36.8 Å². The number of hydrogen-bond acceptors (Lipinski definition) is 5. The average molecular weight is 299 g/mol. The van der Waals surface area contributed by atoms with Crippen molar-refractivity contribution in [2.75, 3.05) is 0 Å². The highest BCUT2D eigenvalue weighted by molar-refractivity contribution is 6.30. The molecule has 0 N–H and O–H groups in total. The van der Waals surface area contributed by atoms with Gasteiger partial charge < -0.3 is 4.74 Å². The van der Waals surface area contributed by atoms with Gasteiger partial charge in [-0.3, -0.25) is 4.98 Å². The smallest absolute Gasteiger partial charge is 0.223 e. The fourth-order valence-corrected chi connectivity index (χ4v) is 1.93. The van der Waals surface area contributed by atoms with Crippen LogP contribution in [-0.4, -0.2) is 19.9 Å². The highest BCUT2D eigenvalue weighted by Crippen LogP contribution is 2.27. The van der Waals surface area contributed by atoms with Gasteiger partial charge in [0.05, 0.1) is 0 Å². The van der Waals surface area contributed by atoms with Crippen LogP contribution in [0, 0.1) is 6.92 Å². The summed E-state index contributed by atoms with van der Waals surface area (Å²) < 4.78 is 5.69. The number of aryl methyl sites for hydroxylation is 1. The number of nitrogens with zero attached hydrogens (tertiary/aromatic N) is 4. The summed E-state index contributed by atoms with van der Waals surface area (Å²) in [6.07, 6.45) is 5.00. The van der Waals surface area contributed by atoms with Crippen LogP contribution in [0.2, 0.25) is 5.15 Å². The number of pyridine rings is 2. The molecule has 0 atom stereocenters. The van der Waals surface area contributed by atoms with E-state index in [-0.39, 0.29) is 5.15 Å². The Labute approximate surface area is 126 Å². The minimum atomic E-state index is 0.289. The molecule has 6 heteroatoms. The molecule has 3 aromatic heterocycles. The standard InChI is InChI=1S/C15H11ClN4O/c1-10-8-13(21-12-5-3-7-18-14(12)16)20-15(19-10)11-4-2-6-17-9-11/h2-9H,1H3. The highest BCUT2D eigenvalue weighted by atomic mass is 35.5. The maximum absolute atomic E-state index is 5.98. The second kappa shape index (κ2) is 5.85. The quantitative estimate of drug-likeness (QED) is 0.690. The number of aromatic nitrogens is 4. The molecule has 21 heavy (non-hydrogen) atoms. The Bertz CT molecular complexity index is 765. The van der Waals surface area contributed by atoms with E-state index in [2.05, 4.69) is 19.9 Å². The lowest BCUT2D eigenvalue weighted by Gasteiger charge is -2.08. The van der Waals surface area contributed by atoms with Crippen molar-refractivity contribution >= 4 is 11.6 Å². The number of hydrogen-bond donors (Lipinski definition) is 0. The Morgan fingerprint density at radius 2 is 1.95 bits per heavy atom. The monoisotopic (exact) mass is 298 g/mol. The van der Waals surface area contributed by atoms with Crippen LogP contribution in [0.4, 0.5) is 0 Å². The summed E-state index contributed by atoms with van der Waals surface area (Å²) in [5.41, 5.74) is 1.61. The van der Waals surface area contributed by atoms with E-state index < -0.39 is 0 Å².